The van der Waals surface area contributed by atoms with Crippen LogP contribution in [-0.2, 0) is 4.79 Å². The monoisotopic (exact) mass is 181 g/mol. The second kappa shape index (κ2) is 3.48. The lowest BCUT2D eigenvalue weighted by atomic mass is 9.69. The highest BCUT2D eigenvalue weighted by atomic mass is 16.4. The zero-order chi connectivity index (χ0) is 9.26. The molecule has 3 nitrogen and oxygen atoms in total. The number of hydrogen-bond acceptors (Lipinski definition) is 3. The quantitative estimate of drug-likeness (QED) is 0.459. The summed E-state index contributed by atoms with van der Waals surface area (Å²) in [4.78, 5) is 11.6. The van der Waals surface area contributed by atoms with Crippen molar-refractivity contribution in [2.45, 2.75) is 38.5 Å². The van der Waals surface area contributed by atoms with Crippen molar-refractivity contribution >= 4 is 11.5 Å². The predicted molar refractivity (Wildman–Crippen MR) is 48.9 cm³/mol. The van der Waals surface area contributed by atoms with Gasteiger partial charge >= 0.3 is 0 Å². The Morgan fingerprint density at radius 2 is 1.85 bits per heavy atom. The molecule has 0 spiro atoms. The van der Waals surface area contributed by atoms with Crippen LogP contribution in [0, 0.1) is 11.8 Å². The Hall–Kier alpha value is -0.860. The molecule has 0 amide bonds. The molecule has 0 unspecified atom stereocenters. The molecule has 0 aromatic heterocycles. The smallest absolute Gasteiger partial charge is 0.136 e. The third-order valence-electron chi connectivity index (χ3n) is 3.34. The maximum atomic E-state index is 11.6. The molecule has 2 saturated carbocycles. The molecule has 3 heteroatoms. The van der Waals surface area contributed by atoms with Gasteiger partial charge in [-0.1, -0.05) is 5.16 Å². The van der Waals surface area contributed by atoms with Crippen LogP contribution >= 0.6 is 0 Å². The molecule has 13 heavy (non-hydrogen) atoms. The first kappa shape index (κ1) is 8.73. The molecule has 0 saturated heterocycles. The summed E-state index contributed by atoms with van der Waals surface area (Å²) >= 11 is 0. The molecule has 0 radical (unpaired) electrons. The van der Waals surface area contributed by atoms with Gasteiger partial charge < -0.3 is 5.21 Å². The molecule has 2 aliphatic rings. The van der Waals surface area contributed by atoms with Gasteiger partial charge in [0.1, 0.15) is 5.78 Å². The summed E-state index contributed by atoms with van der Waals surface area (Å²) in [5, 5.41) is 12.1. The Morgan fingerprint density at radius 1 is 1.15 bits per heavy atom. The molecular weight excluding hydrogens is 166 g/mol. The number of fused-ring (bicyclic) bond motifs is 1. The van der Waals surface area contributed by atoms with Crippen molar-refractivity contribution in [3.8, 4) is 0 Å². The molecule has 72 valence electrons. The number of nitrogens with zero attached hydrogens (tertiary/aromatic N) is 1. The van der Waals surface area contributed by atoms with Gasteiger partial charge in [-0.3, -0.25) is 4.79 Å². The predicted octanol–water partition coefficient (Wildman–Crippen LogP) is 1.99. The van der Waals surface area contributed by atoms with Crippen molar-refractivity contribution in [3.63, 3.8) is 0 Å². The molecule has 2 atom stereocenters. The zero-order valence-electron chi connectivity index (χ0n) is 7.70. The summed E-state index contributed by atoms with van der Waals surface area (Å²) in [7, 11) is 0. The van der Waals surface area contributed by atoms with Crippen LogP contribution < -0.4 is 0 Å². The number of hydrogen-bond donors (Lipinski definition) is 1. The standard InChI is InChI=1S/C10H15NO2/c12-10-6-2-3-7-8(10)4-1-5-9(7)11-13/h7-8,13H,1-6H2/b11-9-/t7-,8+/m0/s1. The molecule has 1 N–H and O–H groups in total. The van der Waals surface area contributed by atoms with Crippen LogP contribution in [0.15, 0.2) is 5.16 Å². The second-order valence-electron chi connectivity index (χ2n) is 4.06. The van der Waals surface area contributed by atoms with Crippen LogP contribution in [0.1, 0.15) is 38.5 Å². The Bertz CT molecular complexity index is 247. The van der Waals surface area contributed by atoms with Crippen LogP contribution in [0.5, 0.6) is 0 Å². The van der Waals surface area contributed by atoms with E-state index in [-0.39, 0.29) is 11.8 Å². The van der Waals surface area contributed by atoms with Crippen molar-refractivity contribution < 1.29 is 10.0 Å². The third-order valence-corrected chi connectivity index (χ3v) is 3.34. The van der Waals surface area contributed by atoms with E-state index in [4.69, 9.17) is 5.21 Å². The summed E-state index contributed by atoms with van der Waals surface area (Å²) in [6, 6.07) is 0. The van der Waals surface area contributed by atoms with Gasteiger partial charge in [0.15, 0.2) is 0 Å². The summed E-state index contributed by atoms with van der Waals surface area (Å²) in [6.45, 7) is 0. The highest BCUT2D eigenvalue weighted by Gasteiger charge is 2.37. The Morgan fingerprint density at radius 3 is 2.62 bits per heavy atom. The lowest BCUT2D eigenvalue weighted by molar-refractivity contribution is -0.126. The SMILES string of the molecule is O=C1CCC[C@@H]2/C(=N\O)CCC[C@@H]12. The minimum Gasteiger partial charge on any atom is -0.411 e. The number of carbonyl (C=O) groups is 1. The fourth-order valence-corrected chi connectivity index (χ4v) is 2.68. The normalized spacial score (nSPS) is 37.5. The summed E-state index contributed by atoms with van der Waals surface area (Å²) in [6.07, 6.45) is 5.63. The fraction of sp³-hybridized carbons (Fsp3) is 0.800. The number of oxime groups is 1. The van der Waals surface area contributed by atoms with Crippen LogP contribution in [0.3, 0.4) is 0 Å². The molecule has 0 aliphatic heterocycles. The van der Waals surface area contributed by atoms with Gasteiger partial charge in [-0.15, -0.1) is 0 Å². The molecule has 2 rings (SSSR count). The van der Waals surface area contributed by atoms with Crippen molar-refractivity contribution in [2.75, 3.05) is 0 Å². The summed E-state index contributed by atoms with van der Waals surface area (Å²) in [5.41, 5.74) is 0.865. The average Bonchev–Trinajstić information content (AvgIpc) is 2.18. The van der Waals surface area contributed by atoms with E-state index in [1.165, 1.54) is 0 Å². The average molecular weight is 181 g/mol. The first-order chi connectivity index (χ1) is 6.33. The first-order valence-corrected chi connectivity index (χ1v) is 5.06. The lowest BCUT2D eigenvalue weighted by Gasteiger charge is -2.34. The van der Waals surface area contributed by atoms with Crippen LogP contribution in [0.25, 0.3) is 0 Å². The largest absolute Gasteiger partial charge is 0.411 e. The maximum Gasteiger partial charge on any atom is 0.136 e. The maximum absolute atomic E-state index is 11.6. The van der Waals surface area contributed by atoms with Gasteiger partial charge in [-0.25, -0.2) is 0 Å². The minimum atomic E-state index is 0.174. The molecule has 2 fully saturated rings. The molecule has 2 aliphatic carbocycles. The number of Topliss-reactive ketones (excluding diaryl/α,β-unsaturated/α-hetero) is 1. The van der Waals surface area contributed by atoms with E-state index in [1.807, 2.05) is 0 Å². The van der Waals surface area contributed by atoms with Gasteiger partial charge in [0.2, 0.25) is 0 Å². The molecule has 0 aromatic carbocycles. The van der Waals surface area contributed by atoms with Crippen LogP contribution in [-0.4, -0.2) is 16.7 Å². The van der Waals surface area contributed by atoms with Crippen LogP contribution in [0.2, 0.25) is 0 Å². The molecular formula is C10H15NO2. The van der Waals surface area contributed by atoms with Gasteiger partial charge in [-0.05, 0) is 32.1 Å². The molecule has 0 aromatic rings. The van der Waals surface area contributed by atoms with E-state index in [9.17, 15) is 4.79 Å². The Labute approximate surface area is 77.8 Å². The number of rotatable bonds is 0. The van der Waals surface area contributed by atoms with Gasteiger partial charge in [0.05, 0.1) is 5.71 Å². The van der Waals surface area contributed by atoms with E-state index in [1.54, 1.807) is 0 Å². The number of carbonyl (C=O) groups excluding carboxylic acids is 1. The Balaban J connectivity index is 2.18. The van der Waals surface area contributed by atoms with Gasteiger partial charge in [-0.2, -0.15) is 0 Å². The van der Waals surface area contributed by atoms with Crippen molar-refractivity contribution in [3.05, 3.63) is 0 Å². The first-order valence-electron chi connectivity index (χ1n) is 5.06. The van der Waals surface area contributed by atoms with E-state index in [0.717, 1.165) is 44.2 Å². The highest BCUT2D eigenvalue weighted by Crippen LogP contribution is 2.36. The zero-order valence-corrected chi connectivity index (χ0v) is 7.70. The highest BCUT2D eigenvalue weighted by molar-refractivity contribution is 5.94. The van der Waals surface area contributed by atoms with E-state index in [0.29, 0.717) is 5.78 Å². The van der Waals surface area contributed by atoms with E-state index in [2.05, 4.69) is 5.16 Å². The third kappa shape index (κ3) is 1.47. The summed E-state index contributed by atoms with van der Waals surface area (Å²) < 4.78 is 0. The molecule has 0 bridgehead atoms. The lowest BCUT2D eigenvalue weighted by Crippen LogP contribution is -2.37. The van der Waals surface area contributed by atoms with Crippen molar-refractivity contribution in [1.82, 2.24) is 0 Å². The van der Waals surface area contributed by atoms with Crippen LogP contribution in [0.4, 0.5) is 0 Å². The Kier molecular flexibility index (Phi) is 2.34. The topological polar surface area (TPSA) is 49.7 Å². The summed E-state index contributed by atoms with van der Waals surface area (Å²) in [5.74, 6) is 0.825. The van der Waals surface area contributed by atoms with Gasteiger partial charge in [0.25, 0.3) is 0 Å². The van der Waals surface area contributed by atoms with E-state index >= 15 is 0 Å². The number of ketones is 1. The second-order valence-corrected chi connectivity index (χ2v) is 4.06. The van der Waals surface area contributed by atoms with Crippen molar-refractivity contribution in [1.29, 1.82) is 0 Å². The van der Waals surface area contributed by atoms with Gasteiger partial charge in [0, 0.05) is 18.3 Å². The minimum absolute atomic E-state index is 0.174. The van der Waals surface area contributed by atoms with E-state index < -0.39 is 0 Å². The molecule has 0 heterocycles. The van der Waals surface area contributed by atoms with Crippen molar-refractivity contribution in [2.24, 2.45) is 17.0 Å². The fourth-order valence-electron chi connectivity index (χ4n) is 2.68.